The average molecular weight is 318 g/mol. The van der Waals surface area contributed by atoms with Crippen LogP contribution in [-0.2, 0) is 4.74 Å². The highest BCUT2D eigenvalue weighted by molar-refractivity contribution is 6.35. The van der Waals surface area contributed by atoms with E-state index >= 15 is 0 Å². The fourth-order valence-electron chi connectivity index (χ4n) is 1.48. The van der Waals surface area contributed by atoms with Gasteiger partial charge in [-0.25, -0.2) is 14.8 Å². The molecule has 7 heteroatoms. The molecule has 0 aliphatic heterocycles. The van der Waals surface area contributed by atoms with Crippen molar-refractivity contribution in [1.29, 1.82) is 0 Å². The second-order valence-electron chi connectivity index (χ2n) is 3.56. The summed E-state index contributed by atoms with van der Waals surface area (Å²) in [4.78, 5) is 19.3. The van der Waals surface area contributed by atoms with E-state index in [0.29, 0.717) is 21.3 Å². The number of aromatic nitrogens is 2. The molecule has 0 spiro atoms. The number of carbonyl (C=O) groups is 1. The molecule has 98 valence electrons. The highest BCUT2D eigenvalue weighted by Gasteiger charge is 2.13. The molecule has 0 bridgehead atoms. The molecule has 1 aromatic carbocycles. The van der Waals surface area contributed by atoms with Crippen LogP contribution in [0.4, 0.5) is 0 Å². The Morgan fingerprint density at radius 2 is 1.68 bits per heavy atom. The van der Waals surface area contributed by atoms with Crippen LogP contribution in [0.15, 0.2) is 24.3 Å². The number of esters is 1. The van der Waals surface area contributed by atoms with Crippen molar-refractivity contribution in [1.82, 2.24) is 9.97 Å². The summed E-state index contributed by atoms with van der Waals surface area (Å²) < 4.78 is 4.59. The summed E-state index contributed by atoms with van der Waals surface area (Å²) in [6, 6.07) is 6.37. The molecule has 0 radical (unpaired) electrons. The van der Waals surface area contributed by atoms with Crippen LogP contribution in [0.5, 0.6) is 0 Å². The minimum Gasteiger partial charge on any atom is -0.464 e. The lowest BCUT2D eigenvalue weighted by atomic mass is 10.1. The van der Waals surface area contributed by atoms with E-state index in [0.717, 1.165) is 0 Å². The van der Waals surface area contributed by atoms with E-state index in [-0.39, 0.29) is 11.0 Å². The molecule has 4 nitrogen and oxygen atoms in total. The standard InChI is InChI=1S/C12H7Cl3N2O2/c1-19-11(18)10-5-9(16-12(15)17-10)6-2-7(13)4-8(14)3-6/h2-5H,1H3. The van der Waals surface area contributed by atoms with Crippen molar-refractivity contribution in [2.75, 3.05) is 7.11 Å². The first-order valence-corrected chi connectivity index (χ1v) is 6.22. The van der Waals surface area contributed by atoms with Gasteiger partial charge in [0.05, 0.1) is 12.8 Å². The Kier molecular flexibility index (Phi) is 4.24. The number of hydrogen-bond donors (Lipinski definition) is 0. The molecule has 0 fully saturated rings. The van der Waals surface area contributed by atoms with Crippen LogP contribution >= 0.6 is 34.8 Å². The van der Waals surface area contributed by atoms with E-state index in [9.17, 15) is 4.79 Å². The van der Waals surface area contributed by atoms with Crippen molar-refractivity contribution in [3.05, 3.63) is 45.3 Å². The topological polar surface area (TPSA) is 52.1 Å². The normalized spacial score (nSPS) is 10.3. The second kappa shape index (κ2) is 5.74. The van der Waals surface area contributed by atoms with Crippen molar-refractivity contribution in [2.24, 2.45) is 0 Å². The van der Waals surface area contributed by atoms with Crippen LogP contribution in [0.25, 0.3) is 11.3 Å². The highest BCUT2D eigenvalue weighted by Crippen LogP contribution is 2.27. The predicted octanol–water partition coefficient (Wildman–Crippen LogP) is 3.89. The first-order chi connectivity index (χ1) is 8.99. The molecule has 2 aromatic rings. The maximum absolute atomic E-state index is 11.5. The molecule has 0 saturated carbocycles. The van der Waals surface area contributed by atoms with Crippen LogP contribution in [-0.4, -0.2) is 23.0 Å². The summed E-state index contributed by atoms with van der Waals surface area (Å²) >= 11 is 17.6. The summed E-state index contributed by atoms with van der Waals surface area (Å²) in [7, 11) is 1.26. The summed E-state index contributed by atoms with van der Waals surface area (Å²) in [5, 5.41) is 0.850. The summed E-state index contributed by atoms with van der Waals surface area (Å²) in [6.07, 6.45) is 0. The van der Waals surface area contributed by atoms with E-state index in [1.54, 1.807) is 18.2 Å². The number of rotatable bonds is 2. The van der Waals surface area contributed by atoms with Crippen molar-refractivity contribution in [2.45, 2.75) is 0 Å². The third kappa shape index (κ3) is 3.35. The first kappa shape index (κ1) is 14.1. The largest absolute Gasteiger partial charge is 0.464 e. The molecule has 0 N–H and O–H groups in total. The number of methoxy groups -OCH3 is 1. The molecular formula is C12H7Cl3N2O2. The zero-order chi connectivity index (χ0) is 14.0. The zero-order valence-electron chi connectivity index (χ0n) is 9.65. The molecule has 1 heterocycles. The van der Waals surface area contributed by atoms with Gasteiger partial charge in [0.15, 0.2) is 5.69 Å². The number of halogens is 3. The van der Waals surface area contributed by atoms with Gasteiger partial charge < -0.3 is 4.74 Å². The van der Waals surface area contributed by atoms with Crippen LogP contribution in [0.3, 0.4) is 0 Å². The zero-order valence-corrected chi connectivity index (χ0v) is 11.9. The van der Waals surface area contributed by atoms with Crippen molar-refractivity contribution < 1.29 is 9.53 Å². The van der Waals surface area contributed by atoms with E-state index < -0.39 is 5.97 Å². The monoisotopic (exact) mass is 316 g/mol. The Morgan fingerprint density at radius 1 is 1.05 bits per heavy atom. The molecule has 0 atom stereocenters. The fraction of sp³-hybridized carbons (Fsp3) is 0.0833. The molecule has 2 rings (SSSR count). The summed E-state index contributed by atoms with van der Waals surface area (Å²) in [5.41, 5.74) is 1.13. The van der Waals surface area contributed by atoms with Crippen molar-refractivity contribution in [3.8, 4) is 11.3 Å². The molecule has 0 aliphatic rings. The maximum Gasteiger partial charge on any atom is 0.356 e. The van der Waals surface area contributed by atoms with E-state index in [1.807, 2.05) is 0 Å². The smallest absolute Gasteiger partial charge is 0.356 e. The first-order valence-electron chi connectivity index (χ1n) is 5.09. The lowest BCUT2D eigenvalue weighted by molar-refractivity contribution is 0.0594. The molecule has 0 saturated heterocycles. The predicted molar refractivity (Wildman–Crippen MR) is 73.8 cm³/mol. The fourth-order valence-corrected chi connectivity index (χ4v) is 2.18. The van der Waals surface area contributed by atoms with Gasteiger partial charge in [-0.1, -0.05) is 23.2 Å². The van der Waals surface area contributed by atoms with Crippen LogP contribution < -0.4 is 0 Å². The Hall–Kier alpha value is -1.36. The molecule has 0 aliphatic carbocycles. The third-order valence-corrected chi connectivity index (χ3v) is 2.86. The van der Waals surface area contributed by atoms with Gasteiger partial charge in [-0.2, -0.15) is 0 Å². The SMILES string of the molecule is COC(=O)c1cc(-c2cc(Cl)cc(Cl)c2)nc(Cl)n1. The number of nitrogens with zero attached hydrogens (tertiary/aromatic N) is 2. The Balaban J connectivity index is 2.55. The molecular weight excluding hydrogens is 311 g/mol. The summed E-state index contributed by atoms with van der Waals surface area (Å²) in [5.74, 6) is -0.598. The van der Waals surface area contributed by atoms with Gasteiger partial charge in [0.1, 0.15) is 0 Å². The molecule has 0 unspecified atom stereocenters. The number of hydrogen-bond acceptors (Lipinski definition) is 4. The second-order valence-corrected chi connectivity index (χ2v) is 4.77. The van der Waals surface area contributed by atoms with Gasteiger partial charge in [-0.05, 0) is 35.9 Å². The van der Waals surface area contributed by atoms with Crippen molar-refractivity contribution in [3.63, 3.8) is 0 Å². The van der Waals surface area contributed by atoms with E-state index in [1.165, 1.54) is 13.2 Å². The van der Waals surface area contributed by atoms with Gasteiger partial charge in [0.2, 0.25) is 5.28 Å². The number of benzene rings is 1. The minimum absolute atomic E-state index is 0.0611. The van der Waals surface area contributed by atoms with Gasteiger partial charge in [0.25, 0.3) is 0 Å². The molecule has 19 heavy (non-hydrogen) atoms. The maximum atomic E-state index is 11.5. The third-order valence-electron chi connectivity index (χ3n) is 2.25. The molecule has 0 amide bonds. The summed E-state index contributed by atoms with van der Waals surface area (Å²) in [6.45, 7) is 0. The number of carbonyl (C=O) groups excluding carboxylic acids is 1. The number of ether oxygens (including phenoxy) is 1. The Labute approximate surface area is 124 Å². The van der Waals surface area contributed by atoms with Crippen LogP contribution in [0.2, 0.25) is 15.3 Å². The van der Waals surface area contributed by atoms with E-state index in [4.69, 9.17) is 34.8 Å². The average Bonchev–Trinajstić information content (AvgIpc) is 2.36. The van der Waals surface area contributed by atoms with Gasteiger partial charge in [-0.3, -0.25) is 0 Å². The van der Waals surface area contributed by atoms with Crippen LogP contribution in [0, 0.1) is 0 Å². The van der Waals surface area contributed by atoms with Gasteiger partial charge >= 0.3 is 5.97 Å². The van der Waals surface area contributed by atoms with E-state index in [2.05, 4.69) is 14.7 Å². The van der Waals surface area contributed by atoms with Crippen molar-refractivity contribution >= 4 is 40.8 Å². The molecule has 1 aromatic heterocycles. The minimum atomic E-state index is -0.598. The Morgan fingerprint density at radius 3 is 2.26 bits per heavy atom. The lowest BCUT2D eigenvalue weighted by Gasteiger charge is -2.05. The Bertz CT molecular complexity index is 627. The van der Waals surface area contributed by atoms with Crippen LogP contribution in [0.1, 0.15) is 10.5 Å². The van der Waals surface area contributed by atoms with Gasteiger partial charge in [-0.15, -0.1) is 0 Å². The lowest BCUT2D eigenvalue weighted by Crippen LogP contribution is -2.05. The van der Waals surface area contributed by atoms with Gasteiger partial charge in [0, 0.05) is 15.6 Å². The highest BCUT2D eigenvalue weighted by atomic mass is 35.5. The quantitative estimate of drug-likeness (QED) is 0.623.